The molecule has 2 aromatic rings. The van der Waals surface area contributed by atoms with E-state index in [0.29, 0.717) is 6.54 Å². The molecule has 94 valence electrons. The summed E-state index contributed by atoms with van der Waals surface area (Å²) >= 11 is 0. The van der Waals surface area contributed by atoms with E-state index >= 15 is 0 Å². The van der Waals surface area contributed by atoms with Crippen LogP contribution in [-0.4, -0.2) is 16.6 Å². The number of hydrogen-bond acceptors (Lipinski definition) is 3. The minimum atomic E-state index is -0.598. The van der Waals surface area contributed by atoms with E-state index in [-0.39, 0.29) is 5.92 Å². The zero-order valence-electron chi connectivity index (χ0n) is 10.5. The van der Waals surface area contributed by atoms with Crippen LogP contribution in [-0.2, 0) is 0 Å². The van der Waals surface area contributed by atoms with Crippen LogP contribution in [0.25, 0.3) is 0 Å². The number of pyridine rings is 1. The highest BCUT2D eigenvalue weighted by molar-refractivity contribution is 5.28. The van der Waals surface area contributed by atoms with Crippen molar-refractivity contribution in [2.24, 2.45) is 5.73 Å². The maximum atomic E-state index is 10.5. The molecule has 1 heterocycles. The molecule has 3 nitrogen and oxygen atoms in total. The molecule has 0 bridgehead atoms. The molecule has 2 atom stereocenters. The second-order valence-corrected chi connectivity index (χ2v) is 4.49. The molecule has 1 aromatic heterocycles. The summed E-state index contributed by atoms with van der Waals surface area (Å²) in [7, 11) is 0. The zero-order valence-corrected chi connectivity index (χ0v) is 10.5. The third-order valence-corrected chi connectivity index (χ3v) is 3.13. The van der Waals surface area contributed by atoms with Crippen molar-refractivity contribution in [3.05, 3.63) is 65.5 Å². The number of aliphatic hydroxyl groups is 1. The fourth-order valence-electron chi connectivity index (χ4n) is 2.13. The summed E-state index contributed by atoms with van der Waals surface area (Å²) < 4.78 is 0. The van der Waals surface area contributed by atoms with Crippen molar-refractivity contribution in [2.75, 3.05) is 6.54 Å². The predicted molar refractivity (Wildman–Crippen MR) is 72.2 cm³/mol. The SMILES string of the molecule is Cc1cccc(C(O)C(CN)c2cccnc2)c1. The van der Waals surface area contributed by atoms with Crippen molar-refractivity contribution in [1.29, 1.82) is 0 Å². The summed E-state index contributed by atoms with van der Waals surface area (Å²) in [4.78, 5) is 4.08. The molecule has 3 N–H and O–H groups in total. The maximum Gasteiger partial charge on any atom is 0.0871 e. The van der Waals surface area contributed by atoms with Gasteiger partial charge in [0.05, 0.1) is 6.10 Å². The normalized spacial score (nSPS) is 14.2. The summed E-state index contributed by atoms with van der Waals surface area (Å²) in [6, 6.07) is 11.7. The third-order valence-electron chi connectivity index (χ3n) is 3.13. The van der Waals surface area contributed by atoms with Crippen LogP contribution in [0, 0.1) is 6.92 Å². The highest BCUT2D eigenvalue weighted by atomic mass is 16.3. The molecular weight excluding hydrogens is 224 g/mol. The van der Waals surface area contributed by atoms with Crippen molar-refractivity contribution in [3.63, 3.8) is 0 Å². The Bertz CT molecular complexity index is 499. The van der Waals surface area contributed by atoms with Crippen molar-refractivity contribution in [2.45, 2.75) is 18.9 Å². The van der Waals surface area contributed by atoms with Gasteiger partial charge in [-0.25, -0.2) is 0 Å². The van der Waals surface area contributed by atoms with Crippen molar-refractivity contribution < 1.29 is 5.11 Å². The molecule has 18 heavy (non-hydrogen) atoms. The predicted octanol–water partition coefficient (Wildman–Crippen LogP) is 2.17. The zero-order chi connectivity index (χ0) is 13.0. The lowest BCUT2D eigenvalue weighted by molar-refractivity contribution is 0.147. The molecule has 0 aliphatic carbocycles. The molecular formula is C15H18N2O. The maximum absolute atomic E-state index is 10.5. The average molecular weight is 242 g/mol. The minimum absolute atomic E-state index is 0.125. The van der Waals surface area contributed by atoms with Gasteiger partial charge >= 0.3 is 0 Å². The number of nitrogens with two attached hydrogens (primary N) is 1. The van der Waals surface area contributed by atoms with Crippen molar-refractivity contribution >= 4 is 0 Å². The molecule has 0 amide bonds. The first-order chi connectivity index (χ1) is 8.72. The molecule has 0 spiro atoms. The van der Waals surface area contributed by atoms with E-state index in [9.17, 15) is 5.11 Å². The summed E-state index contributed by atoms with van der Waals surface area (Å²) in [6.07, 6.45) is 2.88. The smallest absolute Gasteiger partial charge is 0.0871 e. The largest absolute Gasteiger partial charge is 0.388 e. The summed E-state index contributed by atoms with van der Waals surface area (Å²) in [5.74, 6) is -0.125. The highest BCUT2D eigenvalue weighted by Gasteiger charge is 2.21. The molecule has 0 aliphatic heterocycles. The van der Waals surface area contributed by atoms with Gasteiger partial charge in [0, 0.05) is 24.9 Å². The van der Waals surface area contributed by atoms with Gasteiger partial charge in [-0.3, -0.25) is 4.98 Å². The number of aryl methyl sites for hydroxylation is 1. The quantitative estimate of drug-likeness (QED) is 0.863. The van der Waals surface area contributed by atoms with E-state index in [1.807, 2.05) is 43.3 Å². The van der Waals surface area contributed by atoms with E-state index < -0.39 is 6.10 Å². The molecule has 0 radical (unpaired) electrons. The van der Waals surface area contributed by atoms with Crippen molar-refractivity contribution in [3.8, 4) is 0 Å². The lowest BCUT2D eigenvalue weighted by atomic mass is 9.89. The topological polar surface area (TPSA) is 59.1 Å². The van der Waals surface area contributed by atoms with Crippen LogP contribution in [0.1, 0.15) is 28.7 Å². The van der Waals surface area contributed by atoms with Crippen LogP contribution in [0.2, 0.25) is 0 Å². The van der Waals surface area contributed by atoms with Crippen LogP contribution >= 0.6 is 0 Å². The molecule has 0 aliphatic rings. The minimum Gasteiger partial charge on any atom is -0.388 e. The number of rotatable bonds is 4. The van der Waals surface area contributed by atoms with Gasteiger partial charge in [0.25, 0.3) is 0 Å². The molecule has 3 heteroatoms. The standard InChI is InChI=1S/C15H18N2O/c1-11-4-2-5-12(8-11)15(18)14(9-16)13-6-3-7-17-10-13/h2-8,10,14-15,18H,9,16H2,1H3. The van der Waals surface area contributed by atoms with Gasteiger partial charge in [-0.05, 0) is 24.1 Å². The number of benzene rings is 1. The number of hydrogen-bond donors (Lipinski definition) is 2. The summed E-state index contributed by atoms with van der Waals surface area (Å²) in [5.41, 5.74) is 8.79. The second-order valence-electron chi connectivity index (χ2n) is 4.49. The first kappa shape index (κ1) is 12.7. The average Bonchev–Trinajstić information content (AvgIpc) is 2.41. The second kappa shape index (κ2) is 5.76. The Kier molecular flexibility index (Phi) is 4.07. The first-order valence-corrected chi connectivity index (χ1v) is 6.07. The molecule has 1 aromatic carbocycles. The summed E-state index contributed by atoms with van der Waals surface area (Å²) in [6.45, 7) is 2.40. The molecule has 2 rings (SSSR count). The van der Waals surface area contributed by atoms with Crippen LogP contribution in [0.15, 0.2) is 48.8 Å². The van der Waals surface area contributed by atoms with Gasteiger partial charge in [0.2, 0.25) is 0 Å². The Morgan fingerprint density at radius 3 is 2.61 bits per heavy atom. The Morgan fingerprint density at radius 2 is 2.00 bits per heavy atom. The van der Waals surface area contributed by atoms with Crippen LogP contribution in [0.5, 0.6) is 0 Å². The Labute approximate surface area is 107 Å². The van der Waals surface area contributed by atoms with E-state index in [0.717, 1.165) is 16.7 Å². The van der Waals surface area contributed by atoms with Gasteiger partial charge in [0.15, 0.2) is 0 Å². The third kappa shape index (κ3) is 2.75. The lowest BCUT2D eigenvalue weighted by Crippen LogP contribution is -2.20. The molecule has 0 saturated carbocycles. The van der Waals surface area contributed by atoms with Gasteiger partial charge in [-0.1, -0.05) is 35.9 Å². The van der Waals surface area contributed by atoms with E-state index in [4.69, 9.17) is 5.73 Å². The molecule has 2 unspecified atom stereocenters. The number of aliphatic hydroxyl groups excluding tert-OH is 1. The van der Waals surface area contributed by atoms with Crippen LogP contribution in [0.3, 0.4) is 0 Å². The lowest BCUT2D eigenvalue weighted by Gasteiger charge is -2.22. The van der Waals surface area contributed by atoms with E-state index in [1.165, 1.54) is 0 Å². The fraction of sp³-hybridized carbons (Fsp3) is 0.267. The Balaban J connectivity index is 2.28. The van der Waals surface area contributed by atoms with Gasteiger partial charge in [-0.15, -0.1) is 0 Å². The fourth-order valence-corrected chi connectivity index (χ4v) is 2.13. The number of aromatic nitrogens is 1. The molecule has 0 fully saturated rings. The van der Waals surface area contributed by atoms with Gasteiger partial charge < -0.3 is 10.8 Å². The van der Waals surface area contributed by atoms with Crippen LogP contribution in [0.4, 0.5) is 0 Å². The van der Waals surface area contributed by atoms with Crippen molar-refractivity contribution in [1.82, 2.24) is 4.98 Å². The van der Waals surface area contributed by atoms with Gasteiger partial charge in [-0.2, -0.15) is 0 Å². The van der Waals surface area contributed by atoms with E-state index in [2.05, 4.69) is 4.98 Å². The monoisotopic (exact) mass is 242 g/mol. The highest BCUT2D eigenvalue weighted by Crippen LogP contribution is 2.29. The first-order valence-electron chi connectivity index (χ1n) is 6.07. The van der Waals surface area contributed by atoms with E-state index in [1.54, 1.807) is 12.4 Å². The molecule has 0 saturated heterocycles. The van der Waals surface area contributed by atoms with Gasteiger partial charge in [0.1, 0.15) is 0 Å². The number of nitrogens with zero attached hydrogens (tertiary/aromatic N) is 1. The summed E-state index contributed by atoms with van der Waals surface area (Å²) in [5, 5.41) is 10.5. The Hall–Kier alpha value is -1.71. The van der Waals surface area contributed by atoms with Crippen LogP contribution < -0.4 is 5.73 Å². The Morgan fingerprint density at radius 1 is 1.22 bits per heavy atom.